The number of rotatable bonds is 5. The van der Waals surface area contributed by atoms with Gasteiger partial charge in [0.2, 0.25) is 12.0 Å². The number of isocyanates is 1. The van der Waals surface area contributed by atoms with Gasteiger partial charge in [0.15, 0.2) is 0 Å². The van der Waals surface area contributed by atoms with E-state index in [1.54, 1.807) is 12.1 Å². The molecule has 0 aliphatic rings. The van der Waals surface area contributed by atoms with Crippen molar-refractivity contribution in [1.82, 2.24) is 0 Å². The maximum Gasteiger partial charge on any atom is 0.240 e. The smallest absolute Gasteiger partial charge is 0.240 e. The number of aliphatic imine (C=N–C) groups is 1. The minimum Gasteiger partial charge on any atom is -0.324 e. The third kappa shape index (κ3) is 4.21. The van der Waals surface area contributed by atoms with E-state index in [4.69, 9.17) is 0 Å². The average Bonchev–Trinajstić information content (AvgIpc) is 2.30. The Balaban J connectivity index is 2.82. The van der Waals surface area contributed by atoms with Gasteiger partial charge in [-0.2, -0.15) is 4.99 Å². The summed E-state index contributed by atoms with van der Waals surface area (Å²) in [5.41, 5.74) is 1.98. The van der Waals surface area contributed by atoms with Crippen LogP contribution < -0.4 is 5.32 Å². The third-order valence-electron chi connectivity index (χ3n) is 2.35. The van der Waals surface area contributed by atoms with Gasteiger partial charge in [-0.15, -0.1) is 0 Å². The Morgan fingerprint density at radius 2 is 2.24 bits per heavy atom. The van der Waals surface area contributed by atoms with Crippen molar-refractivity contribution in [3.63, 3.8) is 0 Å². The molecule has 0 bridgehead atoms. The van der Waals surface area contributed by atoms with Crippen molar-refractivity contribution in [2.24, 2.45) is 4.99 Å². The lowest BCUT2D eigenvalue weighted by atomic mass is 10.2. The molecular weight excluding hydrogens is 216 g/mol. The summed E-state index contributed by atoms with van der Waals surface area (Å²) in [7, 11) is 0. The standard InChI is InChI=1S/C13H16N2O2/c1-3-4-5-13(17)15-11-7-6-10(2)8-12(11)14-9-16/h6-8H,3-5H2,1-2H3,(H,15,17). The minimum atomic E-state index is -0.0574. The minimum absolute atomic E-state index is 0.0574. The zero-order valence-corrected chi connectivity index (χ0v) is 10.1. The first kappa shape index (κ1) is 13.1. The van der Waals surface area contributed by atoms with Crippen molar-refractivity contribution in [3.8, 4) is 0 Å². The van der Waals surface area contributed by atoms with E-state index in [1.807, 2.05) is 19.9 Å². The fraction of sp³-hybridized carbons (Fsp3) is 0.385. The summed E-state index contributed by atoms with van der Waals surface area (Å²) in [5, 5.41) is 2.75. The lowest BCUT2D eigenvalue weighted by Gasteiger charge is -2.07. The van der Waals surface area contributed by atoms with Crippen molar-refractivity contribution in [3.05, 3.63) is 23.8 Å². The molecule has 0 radical (unpaired) electrons. The van der Waals surface area contributed by atoms with Crippen LogP contribution in [0, 0.1) is 6.92 Å². The fourth-order valence-electron chi connectivity index (χ4n) is 1.44. The Kier molecular flexibility index (Phi) is 5.11. The van der Waals surface area contributed by atoms with Crippen molar-refractivity contribution < 1.29 is 9.59 Å². The van der Waals surface area contributed by atoms with E-state index in [-0.39, 0.29) is 5.91 Å². The molecule has 1 N–H and O–H groups in total. The highest BCUT2D eigenvalue weighted by Crippen LogP contribution is 2.25. The molecule has 1 aromatic carbocycles. The molecule has 0 aliphatic carbocycles. The molecule has 0 spiro atoms. The first-order valence-electron chi connectivity index (χ1n) is 5.65. The lowest BCUT2D eigenvalue weighted by molar-refractivity contribution is -0.116. The van der Waals surface area contributed by atoms with Gasteiger partial charge in [-0.1, -0.05) is 19.4 Å². The topological polar surface area (TPSA) is 58.5 Å². The van der Waals surface area contributed by atoms with Crippen LogP contribution >= 0.6 is 0 Å². The summed E-state index contributed by atoms with van der Waals surface area (Å²) in [4.78, 5) is 25.4. The van der Waals surface area contributed by atoms with Crippen LogP contribution in [-0.4, -0.2) is 12.0 Å². The number of hydrogen-bond donors (Lipinski definition) is 1. The monoisotopic (exact) mass is 232 g/mol. The third-order valence-corrected chi connectivity index (χ3v) is 2.35. The molecule has 1 aromatic rings. The number of aryl methyl sites for hydroxylation is 1. The Morgan fingerprint density at radius 1 is 1.47 bits per heavy atom. The van der Waals surface area contributed by atoms with Gasteiger partial charge in [0, 0.05) is 6.42 Å². The number of carbonyl (C=O) groups excluding carboxylic acids is 2. The van der Waals surface area contributed by atoms with Crippen LogP contribution in [0.25, 0.3) is 0 Å². The number of hydrogen-bond acceptors (Lipinski definition) is 3. The van der Waals surface area contributed by atoms with E-state index in [0.717, 1.165) is 18.4 Å². The number of nitrogens with zero attached hydrogens (tertiary/aromatic N) is 1. The molecule has 4 nitrogen and oxygen atoms in total. The second-order valence-electron chi connectivity index (χ2n) is 3.88. The van der Waals surface area contributed by atoms with Crippen LogP contribution in [0.15, 0.2) is 23.2 Å². The zero-order valence-electron chi connectivity index (χ0n) is 10.1. The van der Waals surface area contributed by atoms with E-state index >= 15 is 0 Å². The number of benzene rings is 1. The van der Waals surface area contributed by atoms with Gasteiger partial charge < -0.3 is 5.32 Å². The molecule has 0 aromatic heterocycles. The summed E-state index contributed by atoms with van der Waals surface area (Å²) >= 11 is 0. The van der Waals surface area contributed by atoms with Crippen molar-refractivity contribution >= 4 is 23.4 Å². The number of carbonyl (C=O) groups is 1. The van der Waals surface area contributed by atoms with Crippen LogP contribution in [0.3, 0.4) is 0 Å². The summed E-state index contributed by atoms with van der Waals surface area (Å²) in [6.45, 7) is 3.92. The SMILES string of the molecule is CCCCC(=O)Nc1ccc(C)cc1N=C=O. The summed E-state index contributed by atoms with van der Waals surface area (Å²) in [5.74, 6) is -0.0574. The van der Waals surface area contributed by atoms with Crippen molar-refractivity contribution in [1.29, 1.82) is 0 Å². The van der Waals surface area contributed by atoms with E-state index < -0.39 is 0 Å². The van der Waals surface area contributed by atoms with Crippen LogP contribution in [-0.2, 0) is 9.59 Å². The fourth-order valence-corrected chi connectivity index (χ4v) is 1.44. The van der Waals surface area contributed by atoms with Crippen LogP contribution in [0.1, 0.15) is 31.7 Å². The van der Waals surface area contributed by atoms with Gasteiger partial charge in [-0.25, -0.2) is 4.79 Å². The second kappa shape index (κ2) is 6.61. The van der Waals surface area contributed by atoms with Gasteiger partial charge >= 0.3 is 0 Å². The van der Waals surface area contributed by atoms with Crippen LogP contribution in [0.4, 0.5) is 11.4 Å². The number of anilines is 1. The number of amides is 1. The molecule has 90 valence electrons. The summed E-state index contributed by atoms with van der Waals surface area (Å²) in [6, 6.07) is 5.34. The second-order valence-corrected chi connectivity index (χ2v) is 3.88. The average molecular weight is 232 g/mol. The van der Waals surface area contributed by atoms with E-state index in [0.29, 0.717) is 17.8 Å². The predicted octanol–water partition coefficient (Wildman–Crippen LogP) is 3.09. The van der Waals surface area contributed by atoms with Gasteiger partial charge in [-0.3, -0.25) is 4.79 Å². The molecule has 17 heavy (non-hydrogen) atoms. The van der Waals surface area contributed by atoms with Crippen LogP contribution in [0.2, 0.25) is 0 Å². The number of nitrogens with one attached hydrogen (secondary N) is 1. The molecule has 0 saturated heterocycles. The zero-order chi connectivity index (χ0) is 12.7. The maximum absolute atomic E-state index is 11.6. The Labute approximate surface area is 101 Å². The largest absolute Gasteiger partial charge is 0.324 e. The molecule has 0 fully saturated rings. The summed E-state index contributed by atoms with van der Waals surface area (Å²) in [6.07, 6.45) is 3.80. The highest BCUT2D eigenvalue weighted by atomic mass is 16.1. The number of unbranched alkanes of at least 4 members (excludes halogenated alkanes) is 1. The van der Waals surface area contributed by atoms with Gasteiger partial charge in [0.1, 0.15) is 5.69 Å². The van der Waals surface area contributed by atoms with Crippen LogP contribution in [0.5, 0.6) is 0 Å². The quantitative estimate of drug-likeness (QED) is 0.626. The van der Waals surface area contributed by atoms with E-state index in [2.05, 4.69) is 10.3 Å². The molecule has 1 amide bonds. The molecular formula is C13H16N2O2. The van der Waals surface area contributed by atoms with Gasteiger partial charge in [0.25, 0.3) is 0 Å². The van der Waals surface area contributed by atoms with Crippen molar-refractivity contribution in [2.75, 3.05) is 5.32 Å². The molecule has 1 rings (SSSR count). The highest BCUT2D eigenvalue weighted by Gasteiger charge is 2.06. The molecule has 0 aliphatic heterocycles. The first-order valence-corrected chi connectivity index (χ1v) is 5.65. The highest BCUT2D eigenvalue weighted by molar-refractivity contribution is 5.94. The van der Waals surface area contributed by atoms with Crippen molar-refractivity contribution in [2.45, 2.75) is 33.1 Å². The molecule has 0 atom stereocenters. The van der Waals surface area contributed by atoms with E-state index in [1.165, 1.54) is 6.08 Å². The molecule has 0 unspecified atom stereocenters. The maximum atomic E-state index is 11.6. The first-order chi connectivity index (χ1) is 8.17. The normalized spacial score (nSPS) is 9.53. The molecule has 4 heteroatoms. The van der Waals surface area contributed by atoms with E-state index in [9.17, 15) is 9.59 Å². The van der Waals surface area contributed by atoms with Gasteiger partial charge in [0.05, 0.1) is 5.69 Å². The molecule has 0 saturated carbocycles. The predicted molar refractivity (Wildman–Crippen MR) is 67.1 cm³/mol. The lowest BCUT2D eigenvalue weighted by Crippen LogP contribution is -2.11. The Morgan fingerprint density at radius 3 is 2.88 bits per heavy atom. The Bertz CT molecular complexity index is 449. The molecule has 0 heterocycles. The summed E-state index contributed by atoms with van der Waals surface area (Å²) < 4.78 is 0. The Hall–Kier alpha value is -1.93. The van der Waals surface area contributed by atoms with Gasteiger partial charge in [-0.05, 0) is 31.0 Å².